The quantitative estimate of drug-likeness (QED) is 0.331. The molecule has 0 radical (unpaired) electrons. The third-order valence-corrected chi connectivity index (χ3v) is 5.23. The zero-order valence-electron chi connectivity index (χ0n) is 18.1. The number of phenols is 1. The van der Waals surface area contributed by atoms with Crippen LogP contribution in [-0.2, 0) is 13.1 Å². The van der Waals surface area contributed by atoms with E-state index in [2.05, 4.69) is 20.1 Å². The molecule has 0 unspecified atom stereocenters. The number of ether oxygens (including phenoxy) is 2. The maximum absolute atomic E-state index is 13.9. The highest BCUT2D eigenvalue weighted by atomic mass is 127. The van der Waals surface area contributed by atoms with Crippen LogP contribution >= 0.6 is 24.0 Å². The summed E-state index contributed by atoms with van der Waals surface area (Å²) in [5.74, 6) is 1.63. The number of hydrogen-bond donors (Lipinski definition) is 2. The Morgan fingerprint density at radius 2 is 1.84 bits per heavy atom. The van der Waals surface area contributed by atoms with Gasteiger partial charge in [-0.05, 0) is 35.9 Å². The van der Waals surface area contributed by atoms with Gasteiger partial charge in [0.15, 0.2) is 17.5 Å². The molecular weight excluding hydrogens is 514 g/mol. The Morgan fingerprint density at radius 3 is 2.45 bits per heavy atom. The molecule has 2 aromatic carbocycles. The summed E-state index contributed by atoms with van der Waals surface area (Å²) in [7, 11) is 4.82. The van der Waals surface area contributed by atoms with Gasteiger partial charge in [-0.15, -0.1) is 24.0 Å². The van der Waals surface area contributed by atoms with E-state index in [0.717, 1.165) is 43.3 Å². The fourth-order valence-corrected chi connectivity index (χ4v) is 3.52. The van der Waals surface area contributed by atoms with Crippen molar-refractivity contribution in [1.82, 2.24) is 15.1 Å². The number of methoxy groups -OCH3 is 2. The highest BCUT2D eigenvalue weighted by Gasteiger charge is 2.20. The minimum atomic E-state index is -0.334. The number of nitrogens with zero attached hydrogens (tertiary/aromatic N) is 3. The van der Waals surface area contributed by atoms with Gasteiger partial charge in [0.1, 0.15) is 11.5 Å². The van der Waals surface area contributed by atoms with Crippen molar-refractivity contribution in [3.63, 3.8) is 0 Å². The number of nitrogens with one attached hydrogen (secondary N) is 1. The van der Waals surface area contributed by atoms with Crippen LogP contribution in [0.5, 0.6) is 17.2 Å². The second kappa shape index (κ2) is 11.9. The Kier molecular flexibility index (Phi) is 9.63. The number of phenolic OH excluding ortho intramolecular Hbond substituents is 1. The summed E-state index contributed by atoms with van der Waals surface area (Å²) in [5.41, 5.74) is 1.67. The summed E-state index contributed by atoms with van der Waals surface area (Å²) in [6, 6.07) is 10.3. The lowest BCUT2D eigenvalue weighted by Crippen LogP contribution is -2.52. The number of rotatable bonds is 6. The maximum Gasteiger partial charge on any atom is 0.194 e. The highest BCUT2D eigenvalue weighted by Crippen LogP contribution is 2.23. The zero-order chi connectivity index (χ0) is 21.5. The van der Waals surface area contributed by atoms with Crippen molar-refractivity contribution in [2.75, 3.05) is 47.4 Å². The molecule has 2 aromatic rings. The molecule has 170 valence electrons. The molecular formula is C22H30FIN4O3. The number of aliphatic imine (C=N–C) groups is 1. The molecule has 9 heteroatoms. The van der Waals surface area contributed by atoms with Crippen LogP contribution in [0.4, 0.5) is 4.39 Å². The number of piperazine rings is 1. The van der Waals surface area contributed by atoms with Crippen LogP contribution in [0.3, 0.4) is 0 Å². The van der Waals surface area contributed by atoms with E-state index in [1.807, 2.05) is 12.1 Å². The minimum absolute atomic E-state index is 0. The van der Waals surface area contributed by atoms with Crippen molar-refractivity contribution < 1.29 is 19.0 Å². The van der Waals surface area contributed by atoms with E-state index in [9.17, 15) is 9.50 Å². The minimum Gasteiger partial charge on any atom is -0.508 e. The monoisotopic (exact) mass is 544 g/mol. The first-order valence-corrected chi connectivity index (χ1v) is 9.90. The first-order valence-electron chi connectivity index (χ1n) is 9.90. The first kappa shape index (κ1) is 25.0. The van der Waals surface area contributed by atoms with Gasteiger partial charge in [-0.2, -0.15) is 0 Å². The van der Waals surface area contributed by atoms with E-state index in [-0.39, 0.29) is 41.3 Å². The average molecular weight is 544 g/mol. The molecule has 0 bridgehead atoms. The van der Waals surface area contributed by atoms with Gasteiger partial charge >= 0.3 is 0 Å². The van der Waals surface area contributed by atoms with Crippen LogP contribution < -0.4 is 14.8 Å². The van der Waals surface area contributed by atoms with Crippen molar-refractivity contribution in [3.05, 3.63) is 53.3 Å². The predicted octanol–water partition coefficient (Wildman–Crippen LogP) is 3.06. The number of aromatic hydroxyl groups is 1. The fourth-order valence-electron chi connectivity index (χ4n) is 3.52. The second-order valence-electron chi connectivity index (χ2n) is 7.13. The van der Waals surface area contributed by atoms with E-state index in [0.29, 0.717) is 18.8 Å². The molecule has 0 atom stereocenters. The van der Waals surface area contributed by atoms with Crippen molar-refractivity contribution in [2.45, 2.75) is 13.1 Å². The van der Waals surface area contributed by atoms with Crippen LogP contribution in [-0.4, -0.2) is 68.3 Å². The smallest absolute Gasteiger partial charge is 0.194 e. The van der Waals surface area contributed by atoms with Gasteiger partial charge in [-0.3, -0.25) is 9.89 Å². The molecule has 1 saturated heterocycles. The Balaban J connectivity index is 0.00000341. The van der Waals surface area contributed by atoms with Crippen molar-refractivity contribution in [3.8, 4) is 17.2 Å². The molecule has 0 spiro atoms. The molecule has 0 amide bonds. The third-order valence-electron chi connectivity index (χ3n) is 5.23. The first-order chi connectivity index (χ1) is 14.5. The van der Waals surface area contributed by atoms with E-state index < -0.39 is 0 Å². The molecule has 0 aliphatic carbocycles. The fraction of sp³-hybridized carbons (Fsp3) is 0.409. The van der Waals surface area contributed by atoms with E-state index in [1.165, 1.54) is 13.2 Å². The summed E-state index contributed by atoms with van der Waals surface area (Å²) in [6.45, 7) is 4.45. The normalized spacial score (nSPS) is 14.7. The Bertz CT molecular complexity index is 889. The number of benzene rings is 2. The summed E-state index contributed by atoms with van der Waals surface area (Å²) in [5, 5.41) is 13.4. The lowest BCUT2D eigenvalue weighted by Gasteiger charge is -2.36. The van der Waals surface area contributed by atoms with Crippen molar-refractivity contribution in [1.29, 1.82) is 0 Å². The Hall–Kier alpha value is -2.27. The number of guanidine groups is 1. The topological polar surface area (TPSA) is 69.6 Å². The molecule has 1 heterocycles. The average Bonchev–Trinajstić information content (AvgIpc) is 2.76. The number of halogens is 2. The van der Waals surface area contributed by atoms with E-state index >= 15 is 0 Å². The largest absolute Gasteiger partial charge is 0.508 e. The standard InChI is InChI=1S/C22H29FN4O3.HI/c1-24-22(25-14-17-13-18(29-2)5-6-20(17)28)27-10-8-26(9-11-27)15-16-4-7-21(30-3)19(23)12-16;/h4-7,12-13,28H,8-11,14-15H2,1-3H3,(H,24,25);1H. The third kappa shape index (κ3) is 6.60. The van der Waals surface area contributed by atoms with Gasteiger partial charge < -0.3 is 24.8 Å². The zero-order valence-corrected chi connectivity index (χ0v) is 20.4. The van der Waals surface area contributed by atoms with Gasteiger partial charge in [0.2, 0.25) is 0 Å². The summed E-state index contributed by atoms with van der Waals surface area (Å²) >= 11 is 0. The molecule has 1 aliphatic heterocycles. The molecule has 0 saturated carbocycles. The maximum atomic E-state index is 13.9. The molecule has 7 nitrogen and oxygen atoms in total. The van der Waals surface area contributed by atoms with Crippen LogP contribution in [0.2, 0.25) is 0 Å². The lowest BCUT2D eigenvalue weighted by atomic mass is 10.1. The van der Waals surface area contributed by atoms with Crippen LogP contribution in [0.15, 0.2) is 41.4 Å². The Morgan fingerprint density at radius 1 is 1.10 bits per heavy atom. The van der Waals surface area contributed by atoms with Gasteiger partial charge in [0.05, 0.1) is 14.2 Å². The molecule has 3 rings (SSSR count). The molecule has 2 N–H and O–H groups in total. The molecule has 1 aliphatic rings. The van der Waals surface area contributed by atoms with Gasteiger partial charge in [-0.25, -0.2) is 4.39 Å². The molecule has 0 aromatic heterocycles. The van der Waals surface area contributed by atoms with Crippen LogP contribution in [0.25, 0.3) is 0 Å². The summed E-state index contributed by atoms with van der Waals surface area (Å²) < 4.78 is 24.1. The van der Waals surface area contributed by atoms with Gasteiger partial charge in [0, 0.05) is 51.9 Å². The van der Waals surface area contributed by atoms with Gasteiger partial charge in [0.25, 0.3) is 0 Å². The number of hydrogen-bond acceptors (Lipinski definition) is 5. The van der Waals surface area contributed by atoms with Gasteiger partial charge in [-0.1, -0.05) is 6.07 Å². The Labute approximate surface area is 199 Å². The van der Waals surface area contributed by atoms with E-state index in [4.69, 9.17) is 9.47 Å². The molecule has 31 heavy (non-hydrogen) atoms. The second-order valence-corrected chi connectivity index (χ2v) is 7.13. The SMILES string of the molecule is CN=C(NCc1cc(OC)ccc1O)N1CCN(Cc2ccc(OC)c(F)c2)CC1.I. The lowest BCUT2D eigenvalue weighted by molar-refractivity contribution is 0.172. The van der Waals surface area contributed by atoms with E-state index in [1.54, 1.807) is 32.4 Å². The van der Waals surface area contributed by atoms with Crippen LogP contribution in [0.1, 0.15) is 11.1 Å². The van der Waals surface area contributed by atoms with Crippen molar-refractivity contribution >= 4 is 29.9 Å². The molecule has 1 fully saturated rings. The van der Waals surface area contributed by atoms with Crippen molar-refractivity contribution in [2.24, 2.45) is 4.99 Å². The summed E-state index contributed by atoms with van der Waals surface area (Å²) in [4.78, 5) is 8.85. The predicted molar refractivity (Wildman–Crippen MR) is 130 cm³/mol. The van der Waals surface area contributed by atoms with Crippen LogP contribution in [0, 0.1) is 5.82 Å². The summed E-state index contributed by atoms with van der Waals surface area (Å²) in [6.07, 6.45) is 0. The highest BCUT2D eigenvalue weighted by molar-refractivity contribution is 14.0.